The topological polar surface area (TPSA) is 58.8 Å². The van der Waals surface area contributed by atoms with Crippen LogP contribution in [0, 0.1) is 18.3 Å². The van der Waals surface area contributed by atoms with E-state index in [0.29, 0.717) is 17.3 Å². The highest BCUT2D eigenvalue weighted by atomic mass is 16.5. The Bertz CT molecular complexity index is 317. The maximum atomic E-state index is 8.46. The zero-order valence-electron chi connectivity index (χ0n) is 7.03. The van der Waals surface area contributed by atoms with Gasteiger partial charge in [0.1, 0.15) is 11.5 Å². The smallest absolute Gasteiger partial charge is 0.159 e. The number of aryl methyl sites for hydroxylation is 1. The van der Waals surface area contributed by atoms with Gasteiger partial charge in [0, 0.05) is 0 Å². The molecule has 0 aliphatic rings. The summed E-state index contributed by atoms with van der Waals surface area (Å²) >= 11 is 0. The summed E-state index contributed by atoms with van der Waals surface area (Å²) in [5.74, 6) is 1.23. The highest BCUT2D eigenvalue weighted by Crippen LogP contribution is 2.13. The van der Waals surface area contributed by atoms with Gasteiger partial charge in [-0.15, -0.1) is 0 Å². The summed E-state index contributed by atoms with van der Waals surface area (Å²) in [6, 6.07) is 2.02. The highest BCUT2D eigenvalue weighted by molar-refractivity contribution is 5.26. The fourth-order valence-electron chi connectivity index (χ4n) is 0.878. The lowest BCUT2D eigenvalue weighted by Crippen LogP contribution is -1.98. The van der Waals surface area contributed by atoms with E-state index in [0.717, 1.165) is 0 Å². The summed E-state index contributed by atoms with van der Waals surface area (Å²) < 4.78 is 4.98. The summed E-state index contributed by atoms with van der Waals surface area (Å²) in [4.78, 5) is 8.02. The van der Waals surface area contributed by atoms with Crippen molar-refractivity contribution in [2.24, 2.45) is 0 Å². The Hall–Kier alpha value is -1.63. The average Bonchev–Trinajstić information content (AvgIpc) is 2.05. The standard InChI is InChI=1S/C8H9N3O/c1-6-10-5-8(12-2)7(11-6)3-4-9/h5H,3H2,1-2H3. The number of ether oxygens (including phenoxy) is 1. The minimum Gasteiger partial charge on any atom is -0.493 e. The Balaban J connectivity index is 3.05. The Labute approximate surface area is 70.8 Å². The van der Waals surface area contributed by atoms with Crippen molar-refractivity contribution in [1.82, 2.24) is 9.97 Å². The molecule has 0 saturated carbocycles. The van der Waals surface area contributed by atoms with Crippen molar-refractivity contribution >= 4 is 0 Å². The predicted molar refractivity (Wildman–Crippen MR) is 42.6 cm³/mol. The largest absolute Gasteiger partial charge is 0.493 e. The van der Waals surface area contributed by atoms with Crippen molar-refractivity contribution in [2.45, 2.75) is 13.3 Å². The van der Waals surface area contributed by atoms with Crippen LogP contribution in [0.5, 0.6) is 5.75 Å². The summed E-state index contributed by atoms with van der Waals surface area (Å²) in [7, 11) is 1.54. The third-order valence-electron chi connectivity index (χ3n) is 1.42. The van der Waals surface area contributed by atoms with Crippen LogP contribution in [0.15, 0.2) is 6.20 Å². The third-order valence-corrected chi connectivity index (χ3v) is 1.42. The number of rotatable bonds is 2. The Kier molecular flexibility index (Phi) is 2.59. The van der Waals surface area contributed by atoms with Gasteiger partial charge < -0.3 is 4.74 Å². The summed E-state index contributed by atoms with van der Waals surface area (Å²) in [6.07, 6.45) is 1.83. The van der Waals surface area contributed by atoms with E-state index in [9.17, 15) is 0 Å². The first kappa shape index (κ1) is 8.47. The average molecular weight is 163 g/mol. The van der Waals surface area contributed by atoms with Crippen LogP contribution in [0.3, 0.4) is 0 Å². The van der Waals surface area contributed by atoms with Crippen LogP contribution in [0.25, 0.3) is 0 Å². The Morgan fingerprint density at radius 3 is 3.00 bits per heavy atom. The van der Waals surface area contributed by atoms with Crippen LogP contribution in [-0.4, -0.2) is 17.1 Å². The predicted octanol–water partition coefficient (Wildman–Crippen LogP) is 0.860. The van der Waals surface area contributed by atoms with E-state index in [1.807, 2.05) is 6.07 Å². The van der Waals surface area contributed by atoms with Crippen molar-refractivity contribution in [2.75, 3.05) is 7.11 Å². The lowest BCUT2D eigenvalue weighted by Gasteiger charge is -2.03. The molecule has 1 aromatic rings. The lowest BCUT2D eigenvalue weighted by molar-refractivity contribution is 0.405. The van der Waals surface area contributed by atoms with Gasteiger partial charge in [0.05, 0.1) is 25.8 Å². The molecular weight excluding hydrogens is 154 g/mol. The van der Waals surface area contributed by atoms with Gasteiger partial charge in [-0.3, -0.25) is 0 Å². The first-order chi connectivity index (χ1) is 5.77. The minimum atomic E-state index is 0.256. The van der Waals surface area contributed by atoms with E-state index in [1.54, 1.807) is 13.1 Å². The third kappa shape index (κ3) is 1.70. The Morgan fingerprint density at radius 2 is 2.42 bits per heavy atom. The van der Waals surface area contributed by atoms with Gasteiger partial charge in [-0.1, -0.05) is 0 Å². The van der Waals surface area contributed by atoms with E-state index in [2.05, 4.69) is 9.97 Å². The van der Waals surface area contributed by atoms with Crippen molar-refractivity contribution in [3.05, 3.63) is 17.7 Å². The molecular formula is C8H9N3O. The van der Waals surface area contributed by atoms with Crippen LogP contribution in [0.2, 0.25) is 0 Å². The molecule has 62 valence electrons. The molecule has 0 aromatic carbocycles. The molecule has 0 aliphatic heterocycles. The molecule has 0 atom stereocenters. The number of methoxy groups -OCH3 is 1. The van der Waals surface area contributed by atoms with Crippen LogP contribution in [0.4, 0.5) is 0 Å². The van der Waals surface area contributed by atoms with E-state index in [-0.39, 0.29) is 6.42 Å². The van der Waals surface area contributed by atoms with Gasteiger partial charge in [0.15, 0.2) is 5.75 Å². The first-order valence-electron chi connectivity index (χ1n) is 3.51. The number of hydrogen-bond acceptors (Lipinski definition) is 4. The molecule has 1 rings (SSSR count). The molecule has 0 spiro atoms. The zero-order valence-corrected chi connectivity index (χ0v) is 7.03. The number of nitriles is 1. The fourth-order valence-corrected chi connectivity index (χ4v) is 0.878. The van der Waals surface area contributed by atoms with E-state index in [1.165, 1.54) is 7.11 Å². The summed E-state index contributed by atoms with van der Waals surface area (Å²) in [6.45, 7) is 1.78. The van der Waals surface area contributed by atoms with Gasteiger partial charge in [0.25, 0.3) is 0 Å². The maximum Gasteiger partial charge on any atom is 0.159 e. The van der Waals surface area contributed by atoms with Crippen molar-refractivity contribution < 1.29 is 4.74 Å². The van der Waals surface area contributed by atoms with Crippen molar-refractivity contribution in [1.29, 1.82) is 5.26 Å². The van der Waals surface area contributed by atoms with Gasteiger partial charge >= 0.3 is 0 Å². The molecule has 0 fully saturated rings. The van der Waals surface area contributed by atoms with Gasteiger partial charge in [0.2, 0.25) is 0 Å². The molecule has 0 saturated heterocycles. The second kappa shape index (κ2) is 3.67. The lowest BCUT2D eigenvalue weighted by atomic mass is 10.3. The highest BCUT2D eigenvalue weighted by Gasteiger charge is 2.04. The summed E-state index contributed by atoms with van der Waals surface area (Å²) in [5, 5.41) is 8.46. The molecule has 1 heterocycles. The molecule has 0 unspecified atom stereocenters. The Morgan fingerprint density at radius 1 is 1.67 bits per heavy atom. The van der Waals surface area contributed by atoms with Gasteiger partial charge in [-0.2, -0.15) is 5.26 Å². The molecule has 0 bridgehead atoms. The molecule has 4 heteroatoms. The van der Waals surface area contributed by atoms with Crippen LogP contribution in [0.1, 0.15) is 11.5 Å². The van der Waals surface area contributed by atoms with E-state index < -0.39 is 0 Å². The van der Waals surface area contributed by atoms with E-state index in [4.69, 9.17) is 10.00 Å². The van der Waals surface area contributed by atoms with Gasteiger partial charge in [-0.25, -0.2) is 9.97 Å². The molecule has 12 heavy (non-hydrogen) atoms. The molecule has 0 N–H and O–H groups in total. The number of hydrogen-bond donors (Lipinski definition) is 0. The minimum absolute atomic E-state index is 0.256. The zero-order chi connectivity index (χ0) is 8.97. The van der Waals surface area contributed by atoms with Crippen LogP contribution < -0.4 is 4.74 Å². The fraction of sp³-hybridized carbons (Fsp3) is 0.375. The first-order valence-corrected chi connectivity index (χ1v) is 3.51. The molecule has 0 amide bonds. The monoisotopic (exact) mass is 163 g/mol. The quantitative estimate of drug-likeness (QED) is 0.648. The van der Waals surface area contributed by atoms with E-state index >= 15 is 0 Å². The summed E-state index contributed by atoms with van der Waals surface area (Å²) in [5.41, 5.74) is 0.646. The number of aromatic nitrogens is 2. The van der Waals surface area contributed by atoms with Crippen molar-refractivity contribution in [3.8, 4) is 11.8 Å². The van der Waals surface area contributed by atoms with Gasteiger partial charge in [-0.05, 0) is 6.92 Å². The van der Waals surface area contributed by atoms with Crippen LogP contribution >= 0.6 is 0 Å². The second-order valence-corrected chi connectivity index (χ2v) is 2.27. The number of nitrogens with zero attached hydrogens (tertiary/aromatic N) is 3. The van der Waals surface area contributed by atoms with Crippen molar-refractivity contribution in [3.63, 3.8) is 0 Å². The van der Waals surface area contributed by atoms with Crippen LogP contribution in [-0.2, 0) is 6.42 Å². The SMILES string of the molecule is COc1cnc(C)nc1CC#N. The second-order valence-electron chi connectivity index (χ2n) is 2.27. The molecule has 1 aromatic heterocycles. The molecule has 4 nitrogen and oxygen atoms in total. The normalized spacial score (nSPS) is 9.08. The molecule has 0 aliphatic carbocycles. The maximum absolute atomic E-state index is 8.46. The molecule has 0 radical (unpaired) electrons.